The van der Waals surface area contributed by atoms with Gasteiger partial charge in [-0.15, -0.1) is 0 Å². The Balaban J connectivity index is 1.62. The first-order chi connectivity index (χ1) is 14.5. The molecule has 2 N–H and O–H groups in total. The smallest absolute Gasteiger partial charge is 0.349 e. The molecule has 1 saturated carbocycles. The molecule has 0 aliphatic heterocycles. The lowest BCUT2D eigenvalue weighted by atomic mass is 10.0. The van der Waals surface area contributed by atoms with Crippen LogP contribution in [0.2, 0.25) is 0 Å². The molecule has 1 heterocycles. The van der Waals surface area contributed by atoms with Crippen LogP contribution in [0.1, 0.15) is 35.7 Å². The molecule has 0 radical (unpaired) electrons. The van der Waals surface area contributed by atoms with Gasteiger partial charge in [0.1, 0.15) is 5.56 Å². The Kier molecular flexibility index (Phi) is 5.22. The Labute approximate surface area is 174 Å². The van der Waals surface area contributed by atoms with Gasteiger partial charge in [-0.05, 0) is 62.7 Å². The highest BCUT2D eigenvalue weighted by Crippen LogP contribution is 2.45. The summed E-state index contributed by atoms with van der Waals surface area (Å²) in [5.41, 5.74) is 1.29. The van der Waals surface area contributed by atoms with E-state index in [-0.39, 0.29) is 16.7 Å². The lowest BCUT2D eigenvalue weighted by Gasteiger charge is -2.15. The SMILES string of the molecule is CCOc1c(OC)ccc2cc(C(=O)Nc3ccc(C4(NC)CC4)cc3)c(=O)oc12. The van der Waals surface area contributed by atoms with E-state index in [2.05, 4.69) is 10.6 Å². The topological polar surface area (TPSA) is 89.8 Å². The lowest BCUT2D eigenvalue weighted by molar-refractivity contribution is 0.102. The number of hydrogen-bond acceptors (Lipinski definition) is 6. The molecule has 1 aliphatic carbocycles. The number of anilines is 1. The fourth-order valence-corrected chi connectivity index (χ4v) is 3.62. The fraction of sp³-hybridized carbons (Fsp3) is 0.304. The van der Waals surface area contributed by atoms with Gasteiger partial charge in [-0.25, -0.2) is 4.79 Å². The van der Waals surface area contributed by atoms with Crippen molar-refractivity contribution in [2.24, 2.45) is 0 Å². The molecule has 0 atom stereocenters. The summed E-state index contributed by atoms with van der Waals surface area (Å²) < 4.78 is 16.3. The van der Waals surface area contributed by atoms with E-state index < -0.39 is 11.5 Å². The largest absolute Gasteiger partial charge is 0.493 e. The first kappa shape index (κ1) is 20.0. The zero-order chi connectivity index (χ0) is 21.3. The Hall–Kier alpha value is -3.32. The number of methoxy groups -OCH3 is 1. The predicted molar refractivity (Wildman–Crippen MR) is 115 cm³/mol. The Morgan fingerprint density at radius 1 is 1.17 bits per heavy atom. The summed E-state index contributed by atoms with van der Waals surface area (Å²) >= 11 is 0. The summed E-state index contributed by atoms with van der Waals surface area (Å²) in [6.45, 7) is 2.21. The van der Waals surface area contributed by atoms with E-state index >= 15 is 0 Å². The first-order valence-corrected chi connectivity index (χ1v) is 9.90. The molecule has 7 heteroatoms. The number of benzene rings is 2. The fourth-order valence-electron chi connectivity index (χ4n) is 3.62. The molecule has 0 bridgehead atoms. The van der Waals surface area contributed by atoms with Gasteiger partial charge in [-0.1, -0.05) is 12.1 Å². The van der Waals surface area contributed by atoms with E-state index in [9.17, 15) is 9.59 Å². The number of carbonyl (C=O) groups excluding carboxylic acids is 1. The van der Waals surface area contributed by atoms with E-state index in [0.29, 0.717) is 29.2 Å². The van der Waals surface area contributed by atoms with Crippen LogP contribution in [0.3, 0.4) is 0 Å². The van der Waals surface area contributed by atoms with Gasteiger partial charge < -0.3 is 24.5 Å². The molecule has 1 amide bonds. The van der Waals surface area contributed by atoms with E-state index in [4.69, 9.17) is 13.9 Å². The van der Waals surface area contributed by atoms with Crippen LogP contribution < -0.4 is 25.7 Å². The van der Waals surface area contributed by atoms with Crippen molar-refractivity contribution in [3.05, 3.63) is 64.0 Å². The number of carbonyl (C=O) groups is 1. The number of ether oxygens (including phenoxy) is 2. The van der Waals surface area contributed by atoms with Crippen molar-refractivity contribution in [2.75, 3.05) is 26.1 Å². The summed E-state index contributed by atoms with van der Waals surface area (Å²) in [5, 5.41) is 6.68. The second-order valence-corrected chi connectivity index (χ2v) is 7.26. The molecule has 2 aromatic carbocycles. The summed E-state index contributed by atoms with van der Waals surface area (Å²) in [7, 11) is 3.46. The minimum Gasteiger partial charge on any atom is -0.493 e. The van der Waals surface area contributed by atoms with Gasteiger partial charge in [-0.3, -0.25) is 4.79 Å². The number of amides is 1. The number of rotatable bonds is 7. The van der Waals surface area contributed by atoms with Crippen molar-refractivity contribution in [3.63, 3.8) is 0 Å². The highest BCUT2D eigenvalue weighted by atomic mass is 16.5. The third-order valence-corrected chi connectivity index (χ3v) is 5.50. The molecule has 1 aromatic heterocycles. The monoisotopic (exact) mass is 408 g/mol. The summed E-state index contributed by atoms with van der Waals surface area (Å²) in [4.78, 5) is 25.2. The highest BCUT2D eigenvalue weighted by Gasteiger charge is 2.42. The van der Waals surface area contributed by atoms with E-state index in [1.54, 1.807) is 12.1 Å². The molecule has 156 valence electrons. The minimum absolute atomic E-state index is 0.0568. The minimum atomic E-state index is -0.738. The van der Waals surface area contributed by atoms with Crippen LogP contribution >= 0.6 is 0 Å². The maximum atomic E-state index is 12.7. The number of hydrogen-bond donors (Lipinski definition) is 2. The lowest BCUT2D eigenvalue weighted by Crippen LogP contribution is -2.24. The summed E-state index contributed by atoms with van der Waals surface area (Å²) in [6.07, 6.45) is 2.20. The van der Waals surface area contributed by atoms with Gasteiger partial charge in [0.25, 0.3) is 5.91 Å². The van der Waals surface area contributed by atoms with Crippen molar-refractivity contribution in [1.29, 1.82) is 0 Å². The molecule has 1 fully saturated rings. The van der Waals surface area contributed by atoms with Crippen molar-refractivity contribution in [1.82, 2.24) is 5.32 Å². The van der Waals surface area contributed by atoms with Gasteiger partial charge >= 0.3 is 5.63 Å². The van der Waals surface area contributed by atoms with Crippen molar-refractivity contribution < 1.29 is 18.7 Å². The van der Waals surface area contributed by atoms with E-state index in [1.807, 2.05) is 38.2 Å². The summed E-state index contributed by atoms with van der Waals surface area (Å²) in [5.74, 6) is 0.275. The molecule has 1 aliphatic rings. The third kappa shape index (κ3) is 3.52. The van der Waals surface area contributed by atoms with Crippen LogP contribution in [0.4, 0.5) is 5.69 Å². The third-order valence-electron chi connectivity index (χ3n) is 5.50. The maximum absolute atomic E-state index is 12.7. The maximum Gasteiger partial charge on any atom is 0.349 e. The van der Waals surface area contributed by atoms with Gasteiger partial charge in [0.05, 0.1) is 13.7 Å². The van der Waals surface area contributed by atoms with E-state index in [1.165, 1.54) is 18.7 Å². The Bertz CT molecular complexity index is 1150. The quantitative estimate of drug-likeness (QED) is 0.580. The highest BCUT2D eigenvalue weighted by molar-refractivity contribution is 6.05. The molecule has 30 heavy (non-hydrogen) atoms. The normalized spacial score (nSPS) is 14.4. The molecule has 3 aromatic rings. The van der Waals surface area contributed by atoms with Crippen LogP contribution in [-0.2, 0) is 5.54 Å². The van der Waals surface area contributed by atoms with Gasteiger partial charge in [0, 0.05) is 16.6 Å². The predicted octanol–water partition coefficient (Wildman–Crippen LogP) is 3.66. The van der Waals surface area contributed by atoms with Crippen LogP contribution in [0, 0.1) is 0 Å². The number of fused-ring (bicyclic) bond motifs is 1. The van der Waals surface area contributed by atoms with Crippen LogP contribution in [-0.4, -0.2) is 26.7 Å². The van der Waals surface area contributed by atoms with Crippen LogP contribution in [0.15, 0.2) is 51.7 Å². The summed E-state index contributed by atoms with van der Waals surface area (Å²) in [6, 6.07) is 12.6. The molecule has 7 nitrogen and oxygen atoms in total. The van der Waals surface area contributed by atoms with Gasteiger partial charge in [0.15, 0.2) is 11.3 Å². The average molecular weight is 408 g/mol. The molecule has 0 unspecified atom stereocenters. The standard InChI is InChI=1S/C23H24N2O5/c1-4-29-20-18(28-3)10-5-14-13-17(22(27)30-19(14)20)21(26)25-16-8-6-15(7-9-16)23(24-2)11-12-23/h5-10,13,24H,4,11-12H2,1-3H3,(H,25,26). The zero-order valence-electron chi connectivity index (χ0n) is 17.2. The van der Waals surface area contributed by atoms with Crippen LogP contribution in [0.5, 0.6) is 11.5 Å². The Morgan fingerprint density at radius 3 is 2.50 bits per heavy atom. The molecule has 0 spiro atoms. The molecular weight excluding hydrogens is 384 g/mol. The van der Waals surface area contributed by atoms with Crippen molar-refractivity contribution >= 4 is 22.6 Å². The molecular formula is C23H24N2O5. The first-order valence-electron chi connectivity index (χ1n) is 9.90. The van der Waals surface area contributed by atoms with Gasteiger partial charge in [0.2, 0.25) is 5.75 Å². The van der Waals surface area contributed by atoms with E-state index in [0.717, 1.165) is 12.8 Å². The van der Waals surface area contributed by atoms with Gasteiger partial charge in [-0.2, -0.15) is 0 Å². The second-order valence-electron chi connectivity index (χ2n) is 7.26. The zero-order valence-corrected chi connectivity index (χ0v) is 17.2. The average Bonchev–Trinajstić information content (AvgIpc) is 3.56. The second kappa shape index (κ2) is 7.84. The van der Waals surface area contributed by atoms with Crippen LogP contribution in [0.25, 0.3) is 11.0 Å². The Morgan fingerprint density at radius 2 is 1.90 bits per heavy atom. The molecule has 0 saturated heterocycles. The van der Waals surface area contributed by atoms with Crippen molar-refractivity contribution in [3.8, 4) is 11.5 Å². The van der Waals surface area contributed by atoms with Crippen molar-refractivity contribution in [2.45, 2.75) is 25.3 Å². The number of nitrogens with one attached hydrogen (secondary N) is 2. The molecule has 4 rings (SSSR count).